The Morgan fingerprint density at radius 3 is 2.64 bits per heavy atom. The van der Waals surface area contributed by atoms with Gasteiger partial charge in [0.1, 0.15) is 17.1 Å². The van der Waals surface area contributed by atoms with Crippen LogP contribution < -0.4 is 14.8 Å². The van der Waals surface area contributed by atoms with E-state index >= 15 is 0 Å². The van der Waals surface area contributed by atoms with E-state index < -0.39 is 15.4 Å². The van der Waals surface area contributed by atoms with Crippen LogP contribution in [0.15, 0.2) is 77.7 Å². The highest BCUT2D eigenvalue weighted by molar-refractivity contribution is 7.91. The summed E-state index contributed by atoms with van der Waals surface area (Å²) in [6, 6.07) is 22.6. The van der Waals surface area contributed by atoms with Gasteiger partial charge in [0.25, 0.3) is 0 Å². The van der Waals surface area contributed by atoms with Gasteiger partial charge in [-0.3, -0.25) is 9.69 Å². The van der Waals surface area contributed by atoms with Crippen LogP contribution in [0, 0.1) is 0 Å². The van der Waals surface area contributed by atoms with Crippen LogP contribution in [0.1, 0.15) is 42.9 Å². The van der Waals surface area contributed by atoms with E-state index in [4.69, 9.17) is 14.2 Å². The predicted octanol–water partition coefficient (Wildman–Crippen LogP) is 4.37. The molecule has 5 rings (SSSR count). The van der Waals surface area contributed by atoms with Gasteiger partial charge in [-0.1, -0.05) is 48.5 Å². The third-order valence-electron chi connectivity index (χ3n) is 7.82. The smallest absolute Gasteiger partial charge is 0.224 e. The number of benzene rings is 3. The lowest BCUT2D eigenvalue weighted by molar-refractivity contribution is -0.121. The molecule has 8 nitrogen and oxygen atoms in total. The summed E-state index contributed by atoms with van der Waals surface area (Å²) >= 11 is 0. The van der Waals surface area contributed by atoms with Crippen molar-refractivity contribution in [2.45, 2.75) is 55.8 Å². The number of nitrogens with one attached hydrogen (secondary N) is 1. The molecule has 2 aliphatic heterocycles. The fourth-order valence-electron chi connectivity index (χ4n) is 5.83. The van der Waals surface area contributed by atoms with Crippen molar-refractivity contribution in [3.8, 4) is 11.5 Å². The Bertz CT molecular complexity index is 1490. The van der Waals surface area contributed by atoms with Crippen molar-refractivity contribution in [3.05, 3.63) is 89.5 Å². The summed E-state index contributed by atoms with van der Waals surface area (Å²) in [5.74, 6) is 0.717. The summed E-state index contributed by atoms with van der Waals surface area (Å²) in [5, 5.41) is 3.03. The maximum Gasteiger partial charge on any atom is 0.224 e. The van der Waals surface area contributed by atoms with Crippen LogP contribution in [0.2, 0.25) is 0 Å². The topological polar surface area (TPSA) is 94.2 Å². The largest absolute Gasteiger partial charge is 0.497 e. The van der Waals surface area contributed by atoms with E-state index in [9.17, 15) is 13.2 Å². The second-order valence-electron chi connectivity index (χ2n) is 11.8. The first-order valence-electron chi connectivity index (χ1n) is 14.4. The number of carbonyl (C=O) groups is 1. The Morgan fingerprint density at radius 1 is 1.05 bits per heavy atom. The highest BCUT2D eigenvalue weighted by atomic mass is 32.2. The number of hydrogen-bond donors (Lipinski definition) is 1. The molecule has 0 radical (unpaired) electrons. The standard InChI is InChI=1S/C33H40N2O6S/c1-33(2)19-26(23-42(37,38)29-11-7-10-27(18-29)39-3)30-16-25(12-13-31(30)41-33)17-32(36)34-20-28-22-35(14-15-40-28)21-24-8-5-4-6-9-24/h4-13,16,18,26,28H,14-15,17,19-23H2,1-3H3,(H,34,36). The lowest BCUT2D eigenvalue weighted by atomic mass is 9.84. The lowest BCUT2D eigenvalue weighted by Crippen LogP contribution is -2.47. The molecule has 224 valence electrons. The minimum Gasteiger partial charge on any atom is -0.497 e. The van der Waals surface area contributed by atoms with Gasteiger partial charge in [0.2, 0.25) is 5.91 Å². The van der Waals surface area contributed by atoms with Crippen molar-refractivity contribution in [2.75, 3.05) is 39.1 Å². The van der Waals surface area contributed by atoms with Crippen molar-refractivity contribution in [1.82, 2.24) is 10.2 Å². The summed E-state index contributed by atoms with van der Waals surface area (Å²) in [6.45, 7) is 7.49. The Hall–Kier alpha value is -3.40. The third-order valence-corrected chi connectivity index (χ3v) is 9.64. The van der Waals surface area contributed by atoms with E-state index in [1.807, 2.05) is 50.2 Å². The minimum absolute atomic E-state index is 0.0614. The van der Waals surface area contributed by atoms with Gasteiger partial charge < -0.3 is 19.5 Å². The van der Waals surface area contributed by atoms with Gasteiger partial charge in [-0.25, -0.2) is 8.42 Å². The Morgan fingerprint density at radius 2 is 1.86 bits per heavy atom. The maximum absolute atomic E-state index is 13.4. The molecule has 0 saturated carbocycles. The first-order valence-corrected chi connectivity index (χ1v) is 16.1. The number of amides is 1. The Labute approximate surface area is 248 Å². The highest BCUT2D eigenvalue weighted by Gasteiger charge is 2.37. The molecule has 42 heavy (non-hydrogen) atoms. The third kappa shape index (κ3) is 7.70. The van der Waals surface area contributed by atoms with Crippen molar-refractivity contribution in [1.29, 1.82) is 0 Å². The van der Waals surface area contributed by atoms with Gasteiger partial charge in [-0.05, 0) is 61.2 Å². The van der Waals surface area contributed by atoms with Crippen molar-refractivity contribution in [2.24, 2.45) is 0 Å². The van der Waals surface area contributed by atoms with Gasteiger partial charge >= 0.3 is 0 Å². The van der Waals surface area contributed by atoms with E-state index in [1.54, 1.807) is 24.3 Å². The second kappa shape index (κ2) is 12.9. The van der Waals surface area contributed by atoms with E-state index in [2.05, 4.69) is 22.3 Å². The van der Waals surface area contributed by atoms with Gasteiger partial charge in [0.15, 0.2) is 9.84 Å². The molecule has 0 spiro atoms. The maximum atomic E-state index is 13.4. The van der Waals surface area contributed by atoms with Crippen LogP contribution in [0.5, 0.6) is 11.5 Å². The summed E-state index contributed by atoms with van der Waals surface area (Å²) < 4.78 is 44.2. The first kappa shape index (κ1) is 30.1. The number of fused-ring (bicyclic) bond motifs is 1. The molecule has 3 aromatic rings. The van der Waals surface area contributed by atoms with Gasteiger partial charge in [-0.2, -0.15) is 0 Å². The zero-order valence-electron chi connectivity index (χ0n) is 24.5. The lowest BCUT2D eigenvalue weighted by Gasteiger charge is -2.37. The molecule has 2 unspecified atom stereocenters. The number of sulfone groups is 1. The fourth-order valence-corrected chi connectivity index (χ4v) is 7.43. The average Bonchev–Trinajstić information content (AvgIpc) is 2.96. The normalized spacial score (nSPS) is 20.3. The molecule has 1 N–H and O–H groups in total. The SMILES string of the molecule is COc1cccc(S(=O)(=O)CC2CC(C)(C)Oc3ccc(CC(=O)NCC4CN(Cc5ccccc5)CCO4)cc32)c1. The van der Waals surface area contributed by atoms with Crippen molar-refractivity contribution in [3.63, 3.8) is 0 Å². The van der Waals surface area contributed by atoms with Crippen molar-refractivity contribution < 1.29 is 27.4 Å². The molecule has 0 aromatic heterocycles. The number of carbonyl (C=O) groups excluding carboxylic acids is 1. The monoisotopic (exact) mass is 592 g/mol. The number of morpholine rings is 1. The average molecular weight is 593 g/mol. The molecule has 2 aliphatic rings. The molecule has 2 atom stereocenters. The van der Waals surface area contributed by atoms with Crippen LogP contribution in [0.3, 0.4) is 0 Å². The molecule has 0 bridgehead atoms. The van der Waals surface area contributed by atoms with Gasteiger partial charge in [-0.15, -0.1) is 0 Å². The number of hydrogen-bond acceptors (Lipinski definition) is 7. The first-order chi connectivity index (χ1) is 20.1. The molecular weight excluding hydrogens is 552 g/mol. The van der Waals surface area contributed by atoms with E-state index in [-0.39, 0.29) is 35.0 Å². The molecule has 0 aliphatic carbocycles. The quantitative estimate of drug-likeness (QED) is 0.374. The van der Waals surface area contributed by atoms with Crippen LogP contribution in [-0.4, -0.2) is 70.0 Å². The molecule has 3 aromatic carbocycles. The van der Waals surface area contributed by atoms with E-state index in [0.717, 1.165) is 30.8 Å². The predicted molar refractivity (Wildman–Crippen MR) is 162 cm³/mol. The van der Waals surface area contributed by atoms with Gasteiger partial charge in [0.05, 0.1) is 36.9 Å². The number of nitrogens with zero attached hydrogens (tertiary/aromatic N) is 1. The zero-order chi connectivity index (χ0) is 29.7. The molecule has 2 heterocycles. The van der Waals surface area contributed by atoms with Crippen LogP contribution in [0.25, 0.3) is 0 Å². The minimum atomic E-state index is -3.60. The summed E-state index contributed by atoms with van der Waals surface area (Å²) in [4.78, 5) is 15.5. The highest BCUT2D eigenvalue weighted by Crippen LogP contribution is 2.42. The van der Waals surface area contributed by atoms with Gasteiger partial charge in [0, 0.05) is 32.1 Å². The number of ether oxygens (including phenoxy) is 3. The second-order valence-corrected chi connectivity index (χ2v) is 13.8. The van der Waals surface area contributed by atoms with Crippen LogP contribution in [-0.2, 0) is 32.3 Å². The van der Waals surface area contributed by atoms with E-state index in [0.29, 0.717) is 31.1 Å². The molecular formula is C33H40N2O6S. The Balaban J connectivity index is 1.22. The zero-order valence-corrected chi connectivity index (χ0v) is 25.4. The molecule has 1 saturated heterocycles. The van der Waals surface area contributed by atoms with Crippen molar-refractivity contribution >= 4 is 15.7 Å². The summed E-state index contributed by atoms with van der Waals surface area (Å²) in [5.41, 5.74) is 2.37. The summed E-state index contributed by atoms with van der Waals surface area (Å²) in [6.07, 6.45) is 0.654. The number of rotatable bonds is 10. The molecule has 1 amide bonds. The van der Waals surface area contributed by atoms with Crippen LogP contribution >= 0.6 is 0 Å². The fraction of sp³-hybridized carbons (Fsp3) is 0.424. The Kier molecular flexibility index (Phi) is 9.20. The summed E-state index contributed by atoms with van der Waals surface area (Å²) in [7, 11) is -2.08. The van der Waals surface area contributed by atoms with Crippen LogP contribution in [0.4, 0.5) is 0 Å². The molecule has 9 heteroatoms. The molecule has 1 fully saturated rings. The number of methoxy groups -OCH3 is 1. The van der Waals surface area contributed by atoms with E-state index in [1.165, 1.54) is 12.7 Å².